The predicted octanol–water partition coefficient (Wildman–Crippen LogP) is 4.02. The first kappa shape index (κ1) is 23.5. The number of hydrogen-bond acceptors (Lipinski definition) is 4. The molecule has 176 valence electrons. The molecule has 0 radical (unpaired) electrons. The molecule has 0 unspecified atom stereocenters. The molecule has 8 heteroatoms. The van der Waals surface area contributed by atoms with Crippen molar-refractivity contribution in [3.63, 3.8) is 0 Å². The van der Waals surface area contributed by atoms with Crippen LogP contribution in [0.15, 0.2) is 42.5 Å². The number of nitrogens with one attached hydrogen (secondary N) is 2. The van der Waals surface area contributed by atoms with Gasteiger partial charge in [-0.25, -0.2) is 4.79 Å². The Morgan fingerprint density at radius 3 is 2.39 bits per heavy atom. The first-order valence-electron chi connectivity index (χ1n) is 11.3. The van der Waals surface area contributed by atoms with Crippen LogP contribution in [0.1, 0.15) is 24.5 Å². The number of methoxy groups -OCH3 is 1. The summed E-state index contributed by atoms with van der Waals surface area (Å²) in [6, 6.07) is 12.7. The quantitative estimate of drug-likeness (QED) is 0.707. The molecule has 0 saturated carbocycles. The highest BCUT2D eigenvalue weighted by atomic mass is 35.5. The molecule has 4 rings (SSSR count). The Bertz CT molecular complexity index is 1030. The zero-order chi connectivity index (χ0) is 23.6. The summed E-state index contributed by atoms with van der Waals surface area (Å²) in [5.74, 6) is -0.223. The summed E-state index contributed by atoms with van der Waals surface area (Å²) in [4.78, 5) is 30.5. The van der Waals surface area contributed by atoms with Crippen molar-refractivity contribution in [3.8, 4) is 0 Å². The molecule has 2 heterocycles. The largest absolute Gasteiger partial charge is 0.380 e. The molecule has 0 bridgehead atoms. The number of hydrogen-bond donors (Lipinski definition) is 2. The van der Waals surface area contributed by atoms with Crippen LogP contribution in [-0.2, 0) is 22.4 Å². The van der Waals surface area contributed by atoms with Crippen molar-refractivity contribution < 1.29 is 14.3 Å². The van der Waals surface area contributed by atoms with Gasteiger partial charge in [0.25, 0.3) is 0 Å². The summed E-state index contributed by atoms with van der Waals surface area (Å²) in [6.07, 6.45) is 2.15. The second-order valence-corrected chi connectivity index (χ2v) is 9.56. The van der Waals surface area contributed by atoms with E-state index in [1.54, 1.807) is 43.2 Å². The predicted molar refractivity (Wildman–Crippen MR) is 131 cm³/mol. The molecule has 3 amide bonds. The average Bonchev–Trinajstić information content (AvgIpc) is 3.05. The third-order valence-electron chi connectivity index (χ3n) is 6.76. The van der Waals surface area contributed by atoms with Gasteiger partial charge in [-0.1, -0.05) is 17.7 Å². The van der Waals surface area contributed by atoms with E-state index < -0.39 is 5.54 Å². The molecular weight excluding hydrogens is 440 g/mol. The van der Waals surface area contributed by atoms with Crippen LogP contribution in [-0.4, -0.2) is 67.2 Å². The Balaban J connectivity index is 1.51. The topological polar surface area (TPSA) is 73.9 Å². The van der Waals surface area contributed by atoms with Gasteiger partial charge in [0.05, 0.1) is 6.10 Å². The zero-order valence-corrected chi connectivity index (χ0v) is 20.1. The molecule has 2 aliphatic rings. The normalized spacial score (nSPS) is 23.0. The van der Waals surface area contributed by atoms with Gasteiger partial charge in [-0.05, 0) is 74.3 Å². The maximum absolute atomic E-state index is 13.5. The van der Waals surface area contributed by atoms with Crippen molar-refractivity contribution in [2.75, 3.05) is 44.4 Å². The molecule has 7 nitrogen and oxygen atoms in total. The van der Waals surface area contributed by atoms with E-state index in [2.05, 4.69) is 34.7 Å². The molecule has 33 heavy (non-hydrogen) atoms. The number of halogens is 1. The summed E-state index contributed by atoms with van der Waals surface area (Å²) in [5.41, 5.74) is 2.91. The summed E-state index contributed by atoms with van der Waals surface area (Å²) < 4.78 is 5.53. The Morgan fingerprint density at radius 1 is 1.03 bits per heavy atom. The smallest absolute Gasteiger partial charge is 0.322 e. The first-order valence-corrected chi connectivity index (χ1v) is 11.6. The third kappa shape index (κ3) is 5.16. The Morgan fingerprint density at radius 2 is 1.70 bits per heavy atom. The number of carbonyl (C=O) groups excluding carboxylic acids is 2. The molecule has 0 aromatic heterocycles. The van der Waals surface area contributed by atoms with Gasteiger partial charge in [-0.3, -0.25) is 4.79 Å². The van der Waals surface area contributed by atoms with Gasteiger partial charge in [0.2, 0.25) is 5.91 Å². The Labute approximate surface area is 200 Å². The van der Waals surface area contributed by atoms with Crippen LogP contribution in [0.2, 0.25) is 5.02 Å². The number of likely N-dealkylation sites (N-methyl/N-ethyl adjacent to an activating group) is 1. The van der Waals surface area contributed by atoms with Crippen LogP contribution >= 0.6 is 11.6 Å². The van der Waals surface area contributed by atoms with Crippen molar-refractivity contribution in [2.24, 2.45) is 0 Å². The van der Waals surface area contributed by atoms with Gasteiger partial charge in [-0.2, -0.15) is 0 Å². The minimum Gasteiger partial charge on any atom is -0.380 e. The van der Waals surface area contributed by atoms with Crippen molar-refractivity contribution in [1.29, 1.82) is 0 Å². The molecule has 2 atom stereocenters. The second-order valence-electron chi connectivity index (χ2n) is 9.12. The lowest BCUT2D eigenvalue weighted by Gasteiger charge is -2.33. The van der Waals surface area contributed by atoms with Gasteiger partial charge in [0.15, 0.2) is 0 Å². The van der Waals surface area contributed by atoms with Crippen LogP contribution < -0.4 is 10.6 Å². The van der Waals surface area contributed by atoms with E-state index in [9.17, 15) is 9.59 Å². The van der Waals surface area contributed by atoms with E-state index in [-0.39, 0.29) is 18.0 Å². The maximum Gasteiger partial charge on any atom is 0.322 e. The molecular formula is C25H31ClN4O3. The van der Waals surface area contributed by atoms with E-state index in [0.717, 1.165) is 31.6 Å². The van der Waals surface area contributed by atoms with Crippen molar-refractivity contribution in [2.45, 2.75) is 37.8 Å². The molecule has 2 N–H and O–H groups in total. The van der Waals surface area contributed by atoms with E-state index in [1.165, 1.54) is 11.1 Å². The molecule has 2 aliphatic heterocycles. The first-order chi connectivity index (χ1) is 15.8. The van der Waals surface area contributed by atoms with Crippen molar-refractivity contribution in [1.82, 2.24) is 9.80 Å². The number of nitrogens with zero attached hydrogens (tertiary/aromatic N) is 2. The van der Waals surface area contributed by atoms with E-state index in [4.69, 9.17) is 16.3 Å². The molecule has 0 aliphatic carbocycles. The SMILES string of the molecule is CO[C@H]1CN(C(=O)Nc2ccc(Cl)cc2)[C@@](C)(C(=O)Nc2ccc3c(c2)CCN(C)CC3)C1. The van der Waals surface area contributed by atoms with Gasteiger partial charge in [0, 0.05) is 49.6 Å². The number of rotatable bonds is 4. The Kier molecular flexibility index (Phi) is 6.93. The Hall–Kier alpha value is -2.61. The average molecular weight is 471 g/mol. The van der Waals surface area contributed by atoms with E-state index in [0.29, 0.717) is 23.7 Å². The highest BCUT2D eigenvalue weighted by Gasteiger charge is 2.50. The molecule has 2 aromatic rings. The highest BCUT2D eigenvalue weighted by molar-refractivity contribution is 6.30. The number of urea groups is 1. The molecule has 2 aromatic carbocycles. The lowest BCUT2D eigenvalue weighted by molar-refractivity contribution is -0.124. The van der Waals surface area contributed by atoms with Crippen LogP contribution in [0.5, 0.6) is 0 Å². The number of carbonyl (C=O) groups is 2. The molecule has 1 saturated heterocycles. The minimum atomic E-state index is -1.05. The van der Waals surface area contributed by atoms with Crippen LogP contribution in [0, 0.1) is 0 Å². The summed E-state index contributed by atoms with van der Waals surface area (Å²) in [5, 5.41) is 6.52. The van der Waals surface area contributed by atoms with Gasteiger partial charge < -0.3 is 25.2 Å². The lowest BCUT2D eigenvalue weighted by Crippen LogP contribution is -2.54. The van der Waals surface area contributed by atoms with Gasteiger partial charge in [-0.15, -0.1) is 0 Å². The molecule has 0 spiro atoms. The van der Waals surface area contributed by atoms with Crippen LogP contribution in [0.25, 0.3) is 0 Å². The van der Waals surface area contributed by atoms with E-state index >= 15 is 0 Å². The second kappa shape index (κ2) is 9.71. The van der Waals surface area contributed by atoms with Crippen LogP contribution in [0.3, 0.4) is 0 Å². The summed E-state index contributed by atoms with van der Waals surface area (Å²) >= 11 is 5.94. The summed E-state index contributed by atoms with van der Waals surface area (Å²) in [6.45, 7) is 4.15. The number of fused-ring (bicyclic) bond motifs is 1. The number of likely N-dealkylation sites (tertiary alicyclic amines) is 1. The third-order valence-corrected chi connectivity index (χ3v) is 7.01. The monoisotopic (exact) mass is 470 g/mol. The fourth-order valence-corrected chi connectivity index (χ4v) is 4.73. The lowest BCUT2D eigenvalue weighted by atomic mass is 9.96. The van der Waals surface area contributed by atoms with Crippen LogP contribution in [0.4, 0.5) is 16.2 Å². The number of amides is 3. The molecule has 1 fully saturated rings. The highest BCUT2D eigenvalue weighted by Crippen LogP contribution is 2.33. The zero-order valence-electron chi connectivity index (χ0n) is 19.4. The standard InChI is InChI=1S/C25H31ClN4O3/c1-25(23(31)27-21-7-4-17-10-12-29(2)13-11-18(17)14-21)15-22(33-3)16-30(25)24(32)28-20-8-5-19(26)6-9-20/h4-9,14,22H,10-13,15-16H2,1-3H3,(H,27,31)(H,28,32)/t22-,25-/m1/s1. The number of benzene rings is 2. The fraction of sp³-hybridized carbons (Fsp3) is 0.440. The number of ether oxygens (including phenoxy) is 1. The maximum atomic E-state index is 13.5. The van der Waals surface area contributed by atoms with Crippen molar-refractivity contribution in [3.05, 3.63) is 58.6 Å². The van der Waals surface area contributed by atoms with Gasteiger partial charge >= 0.3 is 6.03 Å². The minimum absolute atomic E-state index is 0.223. The summed E-state index contributed by atoms with van der Waals surface area (Å²) in [7, 11) is 3.73. The fourth-order valence-electron chi connectivity index (χ4n) is 4.61. The van der Waals surface area contributed by atoms with E-state index in [1.807, 2.05) is 6.07 Å². The van der Waals surface area contributed by atoms with Gasteiger partial charge in [0.1, 0.15) is 5.54 Å². The van der Waals surface area contributed by atoms with Crippen molar-refractivity contribution >= 4 is 34.9 Å². The number of anilines is 2.